The largest absolute Gasteiger partial charge is 0.470 e. The van der Waals surface area contributed by atoms with E-state index in [4.69, 9.17) is 10.5 Å². The van der Waals surface area contributed by atoms with E-state index in [0.29, 0.717) is 11.8 Å². The molecule has 1 aliphatic rings. The summed E-state index contributed by atoms with van der Waals surface area (Å²) >= 11 is 1.64. The van der Waals surface area contributed by atoms with Crippen molar-refractivity contribution < 1.29 is 4.74 Å². The van der Waals surface area contributed by atoms with Gasteiger partial charge < -0.3 is 10.5 Å². The van der Waals surface area contributed by atoms with Crippen molar-refractivity contribution in [2.24, 2.45) is 17.6 Å². The molecular formula is C12H20N2OS. The van der Waals surface area contributed by atoms with E-state index in [1.807, 2.05) is 6.92 Å². The molecule has 2 rings (SSSR count). The standard InChI is InChI=1S/C12H20N2OS/c1-8-9(2)16-12(14-8)15-7-11-5-3-4-10(11)6-13/h10-11H,3-7,13H2,1-2H3. The van der Waals surface area contributed by atoms with Crippen molar-refractivity contribution in [3.05, 3.63) is 10.6 Å². The number of thiazole rings is 1. The average molecular weight is 240 g/mol. The van der Waals surface area contributed by atoms with E-state index < -0.39 is 0 Å². The number of hydrogen-bond acceptors (Lipinski definition) is 4. The summed E-state index contributed by atoms with van der Waals surface area (Å²) in [5.41, 5.74) is 6.84. The van der Waals surface area contributed by atoms with Gasteiger partial charge in [0.2, 0.25) is 0 Å². The van der Waals surface area contributed by atoms with Gasteiger partial charge in [0.15, 0.2) is 0 Å². The Kier molecular flexibility index (Phi) is 3.82. The molecule has 3 nitrogen and oxygen atoms in total. The van der Waals surface area contributed by atoms with Crippen LogP contribution < -0.4 is 10.5 Å². The Morgan fingerprint density at radius 3 is 2.75 bits per heavy atom. The highest BCUT2D eigenvalue weighted by Crippen LogP contribution is 2.32. The van der Waals surface area contributed by atoms with Crippen LogP contribution in [0.3, 0.4) is 0 Å². The molecule has 2 atom stereocenters. The topological polar surface area (TPSA) is 48.1 Å². The highest BCUT2D eigenvalue weighted by molar-refractivity contribution is 7.13. The van der Waals surface area contributed by atoms with E-state index in [9.17, 15) is 0 Å². The van der Waals surface area contributed by atoms with Crippen LogP contribution in [0, 0.1) is 25.7 Å². The second-order valence-electron chi connectivity index (χ2n) is 4.62. The van der Waals surface area contributed by atoms with Crippen molar-refractivity contribution >= 4 is 11.3 Å². The maximum atomic E-state index is 5.78. The summed E-state index contributed by atoms with van der Waals surface area (Å²) in [5.74, 6) is 1.29. The summed E-state index contributed by atoms with van der Waals surface area (Å²) in [5, 5.41) is 0.817. The molecule has 0 aliphatic heterocycles. The van der Waals surface area contributed by atoms with E-state index >= 15 is 0 Å². The van der Waals surface area contributed by atoms with Crippen LogP contribution in [-0.4, -0.2) is 18.1 Å². The molecule has 1 heterocycles. The molecule has 2 N–H and O–H groups in total. The van der Waals surface area contributed by atoms with Gasteiger partial charge in [-0.1, -0.05) is 17.8 Å². The van der Waals surface area contributed by atoms with Crippen molar-refractivity contribution in [3.63, 3.8) is 0 Å². The molecule has 90 valence electrons. The summed E-state index contributed by atoms with van der Waals surface area (Å²) in [4.78, 5) is 5.63. The first kappa shape index (κ1) is 11.9. The third kappa shape index (κ3) is 2.55. The van der Waals surface area contributed by atoms with Gasteiger partial charge in [-0.05, 0) is 45.1 Å². The maximum absolute atomic E-state index is 5.78. The molecule has 4 heteroatoms. The molecule has 0 spiro atoms. The highest BCUT2D eigenvalue weighted by Gasteiger charge is 2.26. The van der Waals surface area contributed by atoms with Gasteiger partial charge in [-0.15, -0.1) is 0 Å². The van der Waals surface area contributed by atoms with Crippen molar-refractivity contribution in [1.82, 2.24) is 4.98 Å². The number of rotatable bonds is 4. The molecular weight excluding hydrogens is 220 g/mol. The van der Waals surface area contributed by atoms with E-state index in [-0.39, 0.29) is 0 Å². The monoisotopic (exact) mass is 240 g/mol. The lowest BCUT2D eigenvalue weighted by atomic mass is 9.97. The Morgan fingerprint density at radius 1 is 1.38 bits per heavy atom. The Bertz CT molecular complexity index is 331. The minimum absolute atomic E-state index is 0.634. The van der Waals surface area contributed by atoms with E-state index in [2.05, 4.69) is 11.9 Å². The van der Waals surface area contributed by atoms with Crippen LogP contribution in [0.15, 0.2) is 0 Å². The molecule has 1 fully saturated rings. The summed E-state index contributed by atoms with van der Waals surface area (Å²) in [6.07, 6.45) is 3.82. The minimum atomic E-state index is 0.634. The molecule has 0 amide bonds. The third-order valence-electron chi connectivity index (χ3n) is 3.55. The van der Waals surface area contributed by atoms with Crippen LogP contribution in [0.25, 0.3) is 0 Å². The SMILES string of the molecule is Cc1nc(OCC2CCCC2CN)sc1C. The van der Waals surface area contributed by atoms with Crippen LogP contribution in [0.5, 0.6) is 5.19 Å². The predicted octanol–water partition coefficient (Wildman–Crippen LogP) is 2.51. The predicted molar refractivity (Wildman–Crippen MR) is 67.0 cm³/mol. The first-order valence-corrected chi connectivity index (χ1v) is 6.79. The molecule has 0 bridgehead atoms. The number of nitrogens with two attached hydrogens (primary N) is 1. The van der Waals surface area contributed by atoms with Crippen molar-refractivity contribution in [2.45, 2.75) is 33.1 Å². The molecule has 2 unspecified atom stereocenters. The third-order valence-corrected chi connectivity index (χ3v) is 4.53. The number of aromatic nitrogens is 1. The lowest BCUT2D eigenvalue weighted by Crippen LogP contribution is -2.23. The summed E-state index contributed by atoms with van der Waals surface area (Å²) in [6.45, 7) is 5.69. The van der Waals surface area contributed by atoms with Crippen LogP contribution in [0.4, 0.5) is 0 Å². The Morgan fingerprint density at radius 2 is 2.12 bits per heavy atom. The van der Waals surface area contributed by atoms with E-state index in [0.717, 1.165) is 24.0 Å². The van der Waals surface area contributed by atoms with E-state index in [1.165, 1.54) is 24.1 Å². The normalized spacial score (nSPS) is 24.9. The number of hydrogen-bond donors (Lipinski definition) is 1. The second-order valence-corrected chi connectivity index (χ2v) is 5.78. The Hall–Kier alpha value is -0.610. The summed E-state index contributed by atoms with van der Waals surface area (Å²) < 4.78 is 5.78. The molecule has 1 aromatic heterocycles. The average Bonchev–Trinajstić information content (AvgIpc) is 2.83. The molecule has 16 heavy (non-hydrogen) atoms. The van der Waals surface area contributed by atoms with Gasteiger partial charge in [-0.3, -0.25) is 0 Å². The van der Waals surface area contributed by atoms with Crippen molar-refractivity contribution in [3.8, 4) is 5.19 Å². The molecule has 0 saturated heterocycles. The summed E-state index contributed by atoms with van der Waals surface area (Å²) in [7, 11) is 0. The molecule has 1 aromatic rings. The van der Waals surface area contributed by atoms with Crippen molar-refractivity contribution in [1.29, 1.82) is 0 Å². The fraction of sp³-hybridized carbons (Fsp3) is 0.750. The van der Waals surface area contributed by atoms with Gasteiger partial charge in [0, 0.05) is 4.88 Å². The number of nitrogens with zero attached hydrogens (tertiary/aromatic N) is 1. The van der Waals surface area contributed by atoms with Crippen LogP contribution in [-0.2, 0) is 0 Å². The number of aryl methyl sites for hydroxylation is 2. The quantitative estimate of drug-likeness (QED) is 0.879. The van der Waals surface area contributed by atoms with Crippen molar-refractivity contribution in [2.75, 3.05) is 13.2 Å². The first-order chi connectivity index (χ1) is 7.70. The molecule has 0 aromatic carbocycles. The zero-order valence-electron chi connectivity index (χ0n) is 10.0. The maximum Gasteiger partial charge on any atom is 0.273 e. The lowest BCUT2D eigenvalue weighted by molar-refractivity contribution is 0.216. The fourth-order valence-electron chi connectivity index (χ4n) is 2.33. The fourth-order valence-corrected chi connectivity index (χ4v) is 3.09. The zero-order valence-corrected chi connectivity index (χ0v) is 10.8. The molecule has 0 radical (unpaired) electrons. The van der Waals surface area contributed by atoms with Gasteiger partial charge >= 0.3 is 0 Å². The second kappa shape index (κ2) is 5.15. The van der Waals surface area contributed by atoms with Gasteiger partial charge in [0.1, 0.15) is 0 Å². The smallest absolute Gasteiger partial charge is 0.273 e. The van der Waals surface area contributed by atoms with E-state index in [1.54, 1.807) is 11.3 Å². The minimum Gasteiger partial charge on any atom is -0.470 e. The van der Waals surface area contributed by atoms with Gasteiger partial charge in [0.25, 0.3) is 5.19 Å². The lowest BCUT2D eigenvalue weighted by Gasteiger charge is -2.16. The Labute approximate surface area is 101 Å². The van der Waals surface area contributed by atoms with Crippen LogP contribution in [0.2, 0.25) is 0 Å². The Balaban J connectivity index is 1.87. The first-order valence-electron chi connectivity index (χ1n) is 5.97. The van der Waals surface area contributed by atoms with Gasteiger partial charge in [-0.2, -0.15) is 0 Å². The van der Waals surface area contributed by atoms with Gasteiger partial charge in [0.05, 0.1) is 12.3 Å². The molecule has 1 saturated carbocycles. The van der Waals surface area contributed by atoms with Crippen LogP contribution >= 0.6 is 11.3 Å². The molecule has 1 aliphatic carbocycles. The van der Waals surface area contributed by atoms with Crippen LogP contribution in [0.1, 0.15) is 29.8 Å². The van der Waals surface area contributed by atoms with Gasteiger partial charge in [-0.25, -0.2) is 4.98 Å². The highest BCUT2D eigenvalue weighted by atomic mass is 32.1. The number of ether oxygens (including phenoxy) is 1. The zero-order chi connectivity index (χ0) is 11.5. The summed E-state index contributed by atoms with van der Waals surface area (Å²) in [6, 6.07) is 0.